The van der Waals surface area contributed by atoms with Crippen molar-refractivity contribution >= 4 is 28.3 Å². The number of amides is 1. The number of likely N-dealkylation sites (N-methyl/N-ethyl adjacent to an activating group) is 1. The third-order valence-electron chi connectivity index (χ3n) is 5.59. The van der Waals surface area contributed by atoms with Crippen LogP contribution in [0, 0.1) is 10.1 Å². The van der Waals surface area contributed by atoms with Crippen LogP contribution in [0.2, 0.25) is 0 Å². The van der Waals surface area contributed by atoms with E-state index >= 15 is 0 Å². The van der Waals surface area contributed by atoms with E-state index in [2.05, 4.69) is 28.0 Å². The maximum atomic E-state index is 12.6. The van der Waals surface area contributed by atoms with E-state index in [1.807, 2.05) is 6.07 Å². The minimum Gasteiger partial charge on any atom is -0.462 e. The first-order valence-corrected chi connectivity index (χ1v) is 9.96. The van der Waals surface area contributed by atoms with Crippen LogP contribution >= 0.6 is 0 Å². The quantitative estimate of drug-likeness (QED) is 0.460. The van der Waals surface area contributed by atoms with Crippen molar-refractivity contribution in [2.45, 2.75) is 0 Å². The maximum absolute atomic E-state index is 12.6. The molecule has 30 heavy (non-hydrogen) atoms. The van der Waals surface area contributed by atoms with Gasteiger partial charge in [0.2, 0.25) is 0 Å². The summed E-state index contributed by atoms with van der Waals surface area (Å²) >= 11 is 0. The second kappa shape index (κ2) is 8.54. The number of nitrogens with zero attached hydrogens (tertiary/aromatic N) is 4. The number of para-hydroxylation sites is 1. The first-order valence-electron chi connectivity index (χ1n) is 9.96. The van der Waals surface area contributed by atoms with Crippen LogP contribution in [0.15, 0.2) is 59.2 Å². The number of furan rings is 1. The van der Waals surface area contributed by atoms with E-state index in [-0.39, 0.29) is 11.6 Å². The minimum atomic E-state index is -0.468. The van der Waals surface area contributed by atoms with Crippen molar-refractivity contribution in [3.05, 3.63) is 70.5 Å². The van der Waals surface area contributed by atoms with Gasteiger partial charge in [0.05, 0.1) is 16.9 Å². The van der Waals surface area contributed by atoms with Gasteiger partial charge in [-0.3, -0.25) is 19.8 Å². The van der Waals surface area contributed by atoms with Gasteiger partial charge in [0, 0.05) is 69.4 Å². The van der Waals surface area contributed by atoms with Crippen LogP contribution in [-0.4, -0.2) is 66.9 Å². The van der Waals surface area contributed by atoms with Crippen molar-refractivity contribution in [3.63, 3.8) is 0 Å². The molecule has 1 aromatic heterocycles. The van der Waals surface area contributed by atoms with E-state index < -0.39 is 4.92 Å². The van der Waals surface area contributed by atoms with Crippen molar-refractivity contribution in [2.24, 2.45) is 0 Å². The van der Waals surface area contributed by atoms with Gasteiger partial charge in [-0.15, -0.1) is 0 Å². The molecule has 0 spiro atoms. The summed E-state index contributed by atoms with van der Waals surface area (Å²) in [6, 6.07) is 13.9. The lowest BCUT2D eigenvalue weighted by Crippen LogP contribution is -2.48. The molecule has 2 aromatic carbocycles. The molecule has 0 unspecified atom stereocenters. The minimum absolute atomic E-state index is 0.0164. The number of hydrogen-bond acceptors (Lipinski definition) is 6. The summed E-state index contributed by atoms with van der Waals surface area (Å²) in [5, 5.41) is 11.9. The third-order valence-corrected chi connectivity index (χ3v) is 5.59. The molecule has 0 saturated carbocycles. The second-order valence-corrected chi connectivity index (χ2v) is 7.48. The van der Waals surface area contributed by atoms with Gasteiger partial charge >= 0.3 is 0 Å². The standard InChI is InChI=1S/C22H24N4O4/c1-23(22(27)18-5-7-19(8-6-18)26(28)29)10-11-24-12-14-25(15-13-24)20-4-2-3-17-9-16-30-21(17)20/h2-9,16H,10-15H2,1H3. The Morgan fingerprint density at radius 1 is 1.10 bits per heavy atom. The average Bonchev–Trinajstić information content (AvgIpc) is 3.26. The zero-order valence-corrected chi connectivity index (χ0v) is 16.9. The number of benzene rings is 2. The molecule has 0 bridgehead atoms. The molecule has 0 N–H and O–H groups in total. The van der Waals surface area contributed by atoms with Gasteiger partial charge in [0.25, 0.3) is 11.6 Å². The molecule has 0 atom stereocenters. The van der Waals surface area contributed by atoms with Crippen molar-refractivity contribution in [1.29, 1.82) is 0 Å². The van der Waals surface area contributed by atoms with Gasteiger partial charge in [-0.25, -0.2) is 0 Å². The number of nitro groups is 1. The summed E-state index contributed by atoms with van der Waals surface area (Å²) in [6.45, 7) is 5.02. The van der Waals surface area contributed by atoms with Crippen LogP contribution in [-0.2, 0) is 0 Å². The fourth-order valence-corrected chi connectivity index (χ4v) is 3.78. The number of hydrogen-bond donors (Lipinski definition) is 0. The predicted octanol–water partition coefficient (Wildman–Crippen LogP) is 3.24. The molecular weight excluding hydrogens is 384 g/mol. The molecule has 1 aliphatic heterocycles. The first-order chi connectivity index (χ1) is 14.5. The topological polar surface area (TPSA) is 83.1 Å². The lowest BCUT2D eigenvalue weighted by Gasteiger charge is -2.36. The summed E-state index contributed by atoms with van der Waals surface area (Å²) in [5.41, 5.74) is 2.50. The Labute approximate surface area is 174 Å². The van der Waals surface area contributed by atoms with Crippen molar-refractivity contribution in [1.82, 2.24) is 9.80 Å². The van der Waals surface area contributed by atoms with Crippen LogP contribution in [0.4, 0.5) is 11.4 Å². The number of piperazine rings is 1. The summed E-state index contributed by atoms with van der Waals surface area (Å²) in [6.07, 6.45) is 1.72. The van der Waals surface area contributed by atoms with E-state index in [0.717, 1.165) is 49.4 Å². The Balaban J connectivity index is 1.28. The summed E-state index contributed by atoms with van der Waals surface area (Å²) < 4.78 is 5.66. The number of anilines is 1. The molecule has 156 valence electrons. The van der Waals surface area contributed by atoms with Crippen molar-refractivity contribution in [2.75, 3.05) is 51.2 Å². The molecule has 0 radical (unpaired) electrons. The van der Waals surface area contributed by atoms with E-state index in [4.69, 9.17) is 4.42 Å². The zero-order chi connectivity index (χ0) is 21.1. The predicted molar refractivity (Wildman–Crippen MR) is 115 cm³/mol. The van der Waals surface area contributed by atoms with Gasteiger partial charge in [-0.05, 0) is 24.3 Å². The monoisotopic (exact) mass is 408 g/mol. The van der Waals surface area contributed by atoms with Gasteiger partial charge in [0.1, 0.15) is 0 Å². The smallest absolute Gasteiger partial charge is 0.269 e. The normalized spacial score (nSPS) is 14.8. The fraction of sp³-hybridized carbons (Fsp3) is 0.318. The third kappa shape index (κ3) is 4.13. The highest BCUT2D eigenvalue weighted by Crippen LogP contribution is 2.28. The van der Waals surface area contributed by atoms with Crippen LogP contribution in [0.25, 0.3) is 11.0 Å². The Morgan fingerprint density at radius 2 is 1.83 bits per heavy atom. The Hall–Kier alpha value is -3.39. The first kappa shape index (κ1) is 19.9. The van der Waals surface area contributed by atoms with Crippen LogP contribution < -0.4 is 4.90 Å². The van der Waals surface area contributed by atoms with E-state index in [9.17, 15) is 14.9 Å². The number of fused-ring (bicyclic) bond motifs is 1. The molecule has 2 heterocycles. The van der Waals surface area contributed by atoms with Gasteiger partial charge in [-0.2, -0.15) is 0 Å². The highest BCUT2D eigenvalue weighted by molar-refractivity contribution is 5.94. The maximum Gasteiger partial charge on any atom is 0.269 e. The number of rotatable bonds is 6. The highest BCUT2D eigenvalue weighted by Gasteiger charge is 2.21. The Morgan fingerprint density at radius 3 is 2.53 bits per heavy atom. The van der Waals surface area contributed by atoms with E-state index in [1.54, 1.807) is 18.2 Å². The molecule has 0 aliphatic carbocycles. The van der Waals surface area contributed by atoms with Crippen LogP contribution in [0.1, 0.15) is 10.4 Å². The number of carbonyl (C=O) groups is 1. The molecule has 4 rings (SSSR count). The SMILES string of the molecule is CN(CCN1CCN(c2cccc3ccoc23)CC1)C(=O)c1ccc([N+](=O)[O-])cc1. The molecule has 8 heteroatoms. The number of carbonyl (C=O) groups excluding carboxylic acids is 1. The van der Waals surface area contributed by atoms with Gasteiger partial charge in [-0.1, -0.05) is 12.1 Å². The summed E-state index contributed by atoms with van der Waals surface area (Å²) in [5.74, 6) is -0.131. The highest BCUT2D eigenvalue weighted by atomic mass is 16.6. The zero-order valence-electron chi connectivity index (χ0n) is 16.9. The Bertz CT molecular complexity index is 1040. The van der Waals surface area contributed by atoms with Gasteiger partial charge in [0.15, 0.2) is 5.58 Å². The second-order valence-electron chi connectivity index (χ2n) is 7.48. The average molecular weight is 408 g/mol. The van der Waals surface area contributed by atoms with Crippen LogP contribution in [0.5, 0.6) is 0 Å². The van der Waals surface area contributed by atoms with Crippen LogP contribution in [0.3, 0.4) is 0 Å². The molecule has 1 amide bonds. The van der Waals surface area contributed by atoms with Crippen molar-refractivity contribution in [3.8, 4) is 0 Å². The molecule has 3 aromatic rings. The lowest BCUT2D eigenvalue weighted by molar-refractivity contribution is -0.384. The van der Waals surface area contributed by atoms with E-state index in [0.29, 0.717) is 12.1 Å². The largest absolute Gasteiger partial charge is 0.462 e. The molecule has 1 fully saturated rings. The molecule has 1 aliphatic rings. The van der Waals surface area contributed by atoms with Crippen molar-refractivity contribution < 1.29 is 14.1 Å². The Kier molecular flexibility index (Phi) is 5.67. The lowest BCUT2D eigenvalue weighted by atomic mass is 10.2. The molecule has 8 nitrogen and oxygen atoms in total. The molecular formula is C22H24N4O4. The summed E-state index contributed by atoms with van der Waals surface area (Å²) in [7, 11) is 1.76. The fourth-order valence-electron chi connectivity index (χ4n) is 3.78. The number of non-ortho nitro benzene ring substituents is 1. The summed E-state index contributed by atoms with van der Waals surface area (Å²) in [4.78, 5) is 29.2. The molecule has 1 saturated heterocycles. The number of nitro benzene ring substituents is 1. The van der Waals surface area contributed by atoms with Gasteiger partial charge < -0.3 is 14.2 Å². The van der Waals surface area contributed by atoms with E-state index in [1.165, 1.54) is 24.3 Å².